The van der Waals surface area contributed by atoms with Crippen LogP contribution in [0.4, 0.5) is 13.2 Å². The highest BCUT2D eigenvalue weighted by atomic mass is 19.4. The first-order chi connectivity index (χ1) is 8.85. The van der Waals surface area contributed by atoms with E-state index in [1.807, 2.05) is 0 Å². The first-order valence-electron chi connectivity index (χ1n) is 5.39. The number of H-pyrrole nitrogens is 1. The molecule has 0 spiro atoms. The molecule has 1 N–H and O–H groups in total. The number of halogens is 3. The normalized spacial score (nSPS) is 13.7. The van der Waals surface area contributed by atoms with Gasteiger partial charge in [0, 0.05) is 5.69 Å². The summed E-state index contributed by atoms with van der Waals surface area (Å²) >= 11 is 0. The van der Waals surface area contributed by atoms with Gasteiger partial charge in [-0.2, -0.15) is 23.3 Å². The van der Waals surface area contributed by atoms with Crippen LogP contribution in [0.1, 0.15) is 24.5 Å². The van der Waals surface area contributed by atoms with Crippen molar-refractivity contribution in [1.82, 2.24) is 20.3 Å². The molecule has 0 radical (unpaired) electrons. The molecule has 9 heteroatoms. The molecule has 0 fully saturated rings. The van der Waals surface area contributed by atoms with E-state index in [4.69, 9.17) is 4.52 Å². The van der Waals surface area contributed by atoms with Gasteiger partial charge < -0.3 is 9.26 Å². The van der Waals surface area contributed by atoms with E-state index >= 15 is 0 Å². The van der Waals surface area contributed by atoms with E-state index in [1.54, 1.807) is 13.0 Å². The Morgan fingerprint density at radius 1 is 1.47 bits per heavy atom. The molecule has 2 heterocycles. The summed E-state index contributed by atoms with van der Waals surface area (Å²) in [5.41, 5.74) is 1.23. The number of nitrogens with one attached hydrogen (secondary N) is 1. The minimum absolute atomic E-state index is 0.0416. The maximum absolute atomic E-state index is 12.0. The number of rotatable bonds is 4. The van der Waals surface area contributed by atoms with Crippen LogP contribution in [-0.4, -0.2) is 33.1 Å². The van der Waals surface area contributed by atoms with Crippen molar-refractivity contribution in [2.24, 2.45) is 0 Å². The summed E-state index contributed by atoms with van der Waals surface area (Å²) in [4.78, 5) is 3.94. The van der Waals surface area contributed by atoms with Gasteiger partial charge in [-0.1, -0.05) is 5.16 Å². The molecule has 1 atom stereocenters. The van der Waals surface area contributed by atoms with Gasteiger partial charge in [-0.15, -0.1) is 0 Å². The SMILES string of the molecule is Cc1cc(-c2nc(C(C)OCC(F)(F)F)no2)n[nH]1. The van der Waals surface area contributed by atoms with Crippen molar-refractivity contribution in [3.8, 4) is 11.6 Å². The lowest BCUT2D eigenvalue weighted by atomic mass is 10.3. The van der Waals surface area contributed by atoms with Gasteiger partial charge in [-0.05, 0) is 19.9 Å². The van der Waals surface area contributed by atoms with Gasteiger partial charge in [0.25, 0.3) is 5.89 Å². The first-order valence-corrected chi connectivity index (χ1v) is 5.39. The van der Waals surface area contributed by atoms with Crippen LogP contribution in [0, 0.1) is 6.92 Å². The molecule has 2 rings (SSSR count). The smallest absolute Gasteiger partial charge is 0.361 e. The lowest BCUT2D eigenvalue weighted by molar-refractivity contribution is -0.185. The fourth-order valence-corrected chi connectivity index (χ4v) is 1.33. The predicted molar refractivity (Wildman–Crippen MR) is 57.0 cm³/mol. The van der Waals surface area contributed by atoms with Crippen LogP contribution >= 0.6 is 0 Å². The van der Waals surface area contributed by atoms with Gasteiger partial charge in [-0.25, -0.2) is 0 Å². The fraction of sp³-hybridized carbons (Fsp3) is 0.500. The largest absolute Gasteiger partial charge is 0.411 e. The Bertz CT molecular complexity index is 549. The molecule has 104 valence electrons. The highest BCUT2D eigenvalue weighted by Gasteiger charge is 2.29. The van der Waals surface area contributed by atoms with Gasteiger partial charge >= 0.3 is 6.18 Å². The number of nitrogens with zero attached hydrogens (tertiary/aromatic N) is 3. The number of alkyl halides is 3. The zero-order chi connectivity index (χ0) is 14.0. The molecule has 0 amide bonds. The van der Waals surface area contributed by atoms with Gasteiger partial charge in [0.2, 0.25) is 5.82 Å². The van der Waals surface area contributed by atoms with E-state index in [9.17, 15) is 13.2 Å². The minimum atomic E-state index is -4.39. The molecule has 19 heavy (non-hydrogen) atoms. The summed E-state index contributed by atoms with van der Waals surface area (Å²) in [5.74, 6) is 0.168. The lowest BCUT2D eigenvalue weighted by Gasteiger charge is -2.10. The summed E-state index contributed by atoms with van der Waals surface area (Å²) in [7, 11) is 0. The van der Waals surface area contributed by atoms with Crippen LogP contribution in [0.15, 0.2) is 10.6 Å². The van der Waals surface area contributed by atoms with Crippen molar-refractivity contribution in [2.45, 2.75) is 26.1 Å². The third kappa shape index (κ3) is 3.53. The van der Waals surface area contributed by atoms with Crippen LogP contribution in [0.2, 0.25) is 0 Å². The molecular weight excluding hydrogens is 265 g/mol. The second-order valence-electron chi connectivity index (χ2n) is 3.96. The molecule has 2 aromatic heterocycles. The quantitative estimate of drug-likeness (QED) is 0.927. The number of ether oxygens (including phenoxy) is 1. The van der Waals surface area contributed by atoms with Gasteiger partial charge in [0.15, 0.2) is 5.69 Å². The molecule has 0 aliphatic heterocycles. The Hall–Kier alpha value is -1.90. The molecule has 0 saturated heterocycles. The summed E-state index contributed by atoms with van der Waals surface area (Å²) in [6.07, 6.45) is -5.31. The van der Waals surface area contributed by atoms with Gasteiger partial charge in [0.1, 0.15) is 12.7 Å². The highest BCUT2D eigenvalue weighted by molar-refractivity contribution is 5.46. The number of aromatic nitrogens is 4. The van der Waals surface area contributed by atoms with Crippen molar-refractivity contribution >= 4 is 0 Å². The van der Waals surface area contributed by atoms with Crippen molar-refractivity contribution in [3.05, 3.63) is 17.6 Å². The zero-order valence-corrected chi connectivity index (χ0v) is 10.2. The maximum atomic E-state index is 12.0. The zero-order valence-electron chi connectivity index (χ0n) is 10.2. The summed E-state index contributed by atoms with van der Waals surface area (Å²) < 4.78 is 45.5. The van der Waals surface area contributed by atoms with E-state index in [0.29, 0.717) is 5.69 Å². The number of aromatic amines is 1. The summed E-state index contributed by atoms with van der Waals surface area (Å²) in [6.45, 7) is 1.85. The average Bonchev–Trinajstić information content (AvgIpc) is 2.93. The first kappa shape index (κ1) is 13.5. The Balaban J connectivity index is 2.04. The fourth-order valence-electron chi connectivity index (χ4n) is 1.33. The summed E-state index contributed by atoms with van der Waals surface area (Å²) in [5, 5.41) is 10.2. The summed E-state index contributed by atoms with van der Waals surface area (Å²) in [6, 6.07) is 1.68. The second kappa shape index (κ2) is 5.00. The van der Waals surface area contributed by atoms with Crippen LogP contribution < -0.4 is 0 Å². The van der Waals surface area contributed by atoms with Gasteiger partial charge in [-0.3, -0.25) is 5.10 Å². The Kier molecular flexibility index (Phi) is 3.56. The highest BCUT2D eigenvalue weighted by Crippen LogP contribution is 2.22. The Morgan fingerprint density at radius 2 is 2.21 bits per heavy atom. The van der Waals surface area contributed by atoms with E-state index in [0.717, 1.165) is 5.69 Å². The minimum Gasteiger partial charge on any atom is -0.361 e. The lowest BCUT2D eigenvalue weighted by Crippen LogP contribution is -2.18. The Labute approximate surface area is 106 Å². The van der Waals surface area contributed by atoms with Crippen molar-refractivity contribution in [2.75, 3.05) is 6.61 Å². The average molecular weight is 276 g/mol. The van der Waals surface area contributed by atoms with E-state index < -0.39 is 18.9 Å². The third-order valence-corrected chi connectivity index (χ3v) is 2.23. The van der Waals surface area contributed by atoms with Crippen LogP contribution in [0.5, 0.6) is 0 Å². The number of hydrogen-bond donors (Lipinski definition) is 1. The molecule has 0 aliphatic rings. The third-order valence-electron chi connectivity index (χ3n) is 2.23. The molecule has 2 aromatic rings. The van der Waals surface area contributed by atoms with E-state index in [-0.39, 0.29) is 11.7 Å². The molecular formula is C10H11F3N4O2. The van der Waals surface area contributed by atoms with Crippen LogP contribution in [0.3, 0.4) is 0 Å². The molecule has 0 bridgehead atoms. The maximum Gasteiger partial charge on any atom is 0.411 e. The number of hydrogen-bond acceptors (Lipinski definition) is 5. The topological polar surface area (TPSA) is 76.8 Å². The molecule has 0 aliphatic carbocycles. The monoisotopic (exact) mass is 276 g/mol. The van der Waals surface area contributed by atoms with Crippen LogP contribution in [-0.2, 0) is 4.74 Å². The standard InChI is InChI=1S/C10H11F3N4O2/c1-5-3-7(16-15-5)9-14-8(17-19-9)6(2)18-4-10(11,12)13/h3,6H,4H2,1-2H3,(H,15,16). The predicted octanol–water partition coefficient (Wildman–Crippen LogP) is 2.41. The van der Waals surface area contributed by atoms with Crippen LogP contribution in [0.25, 0.3) is 11.6 Å². The Morgan fingerprint density at radius 3 is 2.79 bits per heavy atom. The van der Waals surface area contributed by atoms with Gasteiger partial charge in [0.05, 0.1) is 0 Å². The molecule has 6 nitrogen and oxygen atoms in total. The van der Waals surface area contributed by atoms with Crippen molar-refractivity contribution in [1.29, 1.82) is 0 Å². The molecule has 0 aromatic carbocycles. The van der Waals surface area contributed by atoms with E-state index in [2.05, 4.69) is 25.1 Å². The van der Waals surface area contributed by atoms with Crippen molar-refractivity contribution < 1.29 is 22.4 Å². The van der Waals surface area contributed by atoms with E-state index in [1.165, 1.54) is 6.92 Å². The second-order valence-corrected chi connectivity index (χ2v) is 3.96. The molecule has 1 unspecified atom stereocenters. The molecule has 0 saturated carbocycles. The van der Waals surface area contributed by atoms with Crippen molar-refractivity contribution in [3.63, 3.8) is 0 Å². The number of aryl methyl sites for hydroxylation is 1.